The molecule has 1 aliphatic rings. The highest BCUT2D eigenvalue weighted by Crippen LogP contribution is 2.31. The van der Waals surface area contributed by atoms with Gasteiger partial charge in [-0.25, -0.2) is 4.79 Å². The average molecular weight is 611 g/mol. The fourth-order valence-electron chi connectivity index (χ4n) is 4.91. The summed E-state index contributed by atoms with van der Waals surface area (Å²) in [6, 6.07) is 12.5. The number of ether oxygens (including phenoxy) is 4. The van der Waals surface area contributed by atoms with E-state index in [1.54, 1.807) is 19.1 Å². The van der Waals surface area contributed by atoms with E-state index in [1.807, 2.05) is 51.1 Å². The first-order valence-electron chi connectivity index (χ1n) is 15.0. The van der Waals surface area contributed by atoms with E-state index in [4.69, 9.17) is 18.9 Å². The first-order valence-corrected chi connectivity index (χ1v) is 15.0. The summed E-state index contributed by atoms with van der Waals surface area (Å²) in [6.45, 7) is 8.84. The van der Waals surface area contributed by atoms with Crippen LogP contribution in [-0.2, 0) is 40.0 Å². The zero-order valence-electron chi connectivity index (χ0n) is 25.9. The van der Waals surface area contributed by atoms with Crippen LogP contribution in [0.4, 0.5) is 5.69 Å². The van der Waals surface area contributed by atoms with Gasteiger partial charge in [-0.15, -0.1) is 0 Å². The third-order valence-electron chi connectivity index (χ3n) is 7.19. The second-order valence-electron chi connectivity index (χ2n) is 11.3. The van der Waals surface area contributed by atoms with Crippen molar-refractivity contribution in [1.82, 2.24) is 5.32 Å². The lowest BCUT2D eigenvalue weighted by Crippen LogP contribution is -2.50. The van der Waals surface area contributed by atoms with Crippen LogP contribution in [0.25, 0.3) is 0 Å². The zero-order valence-corrected chi connectivity index (χ0v) is 25.9. The molecule has 0 aliphatic carbocycles. The Bertz CT molecular complexity index is 1300. The molecule has 5 atom stereocenters. The summed E-state index contributed by atoms with van der Waals surface area (Å²) in [5, 5.41) is 5.16. The number of cyclic esters (lactones) is 2. The van der Waals surface area contributed by atoms with Crippen molar-refractivity contribution in [3.63, 3.8) is 0 Å². The molecular weight excluding hydrogens is 568 g/mol. The third-order valence-corrected chi connectivity index (χ3v) is 7.19. The highest BCUT2D eigenvalue weighted by Gasteiger charge is 2.44. The Labute approximate surface area is 258 Å². The van der Waals surface area contributed by atoms with Crippen LogP contribution in [0.1, 0.15) is 76.2 Å². The van der Waals surface area contributed by atoms with Gasteiger partial charge in [0.25, 0.3) is 5.91 Å². The molecule has 0 radical (unpaired) electrons. The molecule has 2 aromatic carbocycles. The Hall–Kier alpha value is -4.41. The molecule has 238 valence electrons. The molecule has 1 fully saturated rings. The SMILES string of the molecule is CCCC[C@H]1C(=O)O[C@H](C)[C@H](NC(=O)c2cccc(NC=O)c2OCc2ccccc2)C(=O)O[C@@H](C)[C@@H]1OC(=O)CC(C)C. The first-order chi connectivity index (χ1) is 21.0. The van der Waals surface area contributed by atoms with Crippen molar-refractivity contribution in [2.75, 3.05) is 5.32 Å². The normalized spacial score (nSPS) is 22.0. The molecule has 1 aliphatic heterocycles. The van der Waals surface area contributed by atoms with Crippen molar-refractivity contribution in [2.24, 2.45) is 11.8 Å². The van der Waals surface area contributed by atoms with Crippen LogP contribution in [0, 0.1) is 11.8 Å². The van der Waals surface area contributed by atoms with Crippen LogP contribution < -0.4 is 15.4 Å². The topological polar surface area (TPSA) is 146 Å². The second-order valence-corrected chi connectivity index (χ2v) is 11.3. The lowest BCUT2D eigenvalue weighted by molar-refractivity contribution is -0.175. The van der Waals surface area contributed by atoms with Gasteiger partial charge in [0.05, 0.1) is 17.2 Å². The average Bonchev–Trinajstić information content (AvgIpc) is 3.00. The van der Waals surface area contributed by atoms with Gasteiger partial charge in [-0.3, -0.25) is 19.2 Å². The van der Waals surface area contributed by atoms with Gasteiger partial charge in [0.1, 0.15) is 18.8 Å². The molecule has 1 saturated heterocycles. The van der Waals surface area contributed by atoms with E-state index in [0.717, 1.165) is 12.0 Å². The lowest BCUT2D eigenvalue weighted by Gasteiger charge is -2.29. The fourth-order valence-corrected chi connectivity index (χ4v) is 4.91. The second kappa shape index (κ2) is 16.4. The molecule has 3 rings (SSSR count). The maximum Gasteiger partial charge on any atom is 0.332 e. The molecule has 11 heteroatoms. The van der Waals surface area contributed by atoms with Crippen molar-refractivity contribution in [1.29, 1.82) is 0 Å². The number of nitrogens with one attached hydrogen (secondary N) is 2. The van der Waals surface area contributed by atoms with Gasteiger partial charge in [0.15, 0.2) is 17.9 Å². The number of hydrogen-bond donors (Lipinski definition) is 2. The Balaban J connectivity index is 1.89. The molecule has 44 heavy (non-hydrogen) atoms. The number of rotatable bonds is 13. The Morgan fingerprint density at radius 2 is 1.68 bits per heavy atom. The summed E-state index contributed by atoms with van der Waals surface area (Å²) < 4.78 is 23.1. The van der Waals surface area contributed by atoms with Gasteiger partial charge >= 0.3 is 17.9 Å². The number of hydrogen-bond acceptors (Lipinski definition) is 9. The van der Waals surface area contributed by atoms with Crippen molar-refractivity contribution in [3.8, 4) is 5.75 Å². The summed E-state index contributed by atoms with van der Waals surface area (Å²) in [4.78, 5) is 64.4. The van der Waals surface area contributed by atoms with Crippen LogP contribution in [0.5, 0.6) is 5.75 Å². The number of unbranched alkanes of at least 4 members (excludes halogenated alkanes) is 1. The molecular formula is C33H42N2O9. The van der Waals surface area contributed by atoms with E-state index in [-0.39, 0.29) is 35.9 Å². The summed E-state index contributed by atoms with van der Waals surface area (Å²) >= 11 is 0. The molecule has 1 heterocycles. The number of carbonyl (C=O) groups is 5. The Morgan fingerprint density at radius 1 is 0.977 bits per heavy atom. The van der Waals surface area contributed by atoms with Crippen LogP contribution in [0.15, 0.2) is 48.5 Å². The standard InChI is InChI=1S/C33H42N2O9/c1-6-7-14-25-29(44-27(37)17-20(2)3)22(5)43-33(40)28(21(4)42-32(25)39)35-31(38)24-15-11-16-26(34-19-36)30(24)41-18-23-12-9-8-10-13-23/h8-13,15-16,19-22,25,28-29H,6-7,14,17-18H2,1-5H3,(H,34,36)(H,35,38)/t21-,22+,25-,28+,29+/m1/s1. The maximum atomic E-state index is 13.6. The summed E-state index contributed by atoms with van der Waals surface area (Å²) in [5.41, 5.74) is 1.11. The quantitative estimate of drug-likeness (QED) is 0.189. The molecule has 2 N–H and O–H groups in total. The van der Waals surface area contributed by atoms with E-state index >= 15 is 0 Å². The van der Waals surface area contributed by atoms with E-state index in [0.29, 0.717) is 19.3 Å². The monoisotopic (exact) mass is 610 g/mol. The molecule has 2 amide bonds. The zero-order chi connectivity index (χ0) is 32.2. The molecule has 0 aromatic heterocycles. The largest absolute Gasteiger partial charge is 0.486 e. The Kier molecular flexibility index (Phi) is 12.7. The van der Waals surface area contributed by atoms with Gasteiger partial charge < -0.3 is 29.6 Å². The molecule has 0 saturated carbocycles. The number of para-hydroxylation sites is 1. The predicted molar refractivity (Wildman–Crippen MR) is 162 cm³/mol. The highest BCUT2D eigenvalue weighted by molar-refractivity contribution is 6.01. The summed E-state index contributed by atoms with van der Waals surface area (Å²) in [5.74, 6) is -3.49. The molecule has 0 bridgehead atoms. The van der Waals surface area contributed by atoms with E-state index < -0.39 is 54.1 Å². The minimum absolute atomic E-state index is 0.0270. The minimum Gasteiger partial charge on any atom is -0.486 e. The van der Waals surface area contributed by atoms with E-state index in [2.05, 4.69) is 10.6 Å². The maximum absolute atomic E-state index is 13.6. The Morgan fingerprint density at radius 3 is 2.34 bits per heavy atom. The molecule has 0 spiro atoms. The summed E-state index contributed by atoms with van der Waals surface area (Å²) in [7, 11) is 0. The van der Waals surface area contributed by atoms with Crippen LogP contribution in [-0.4, -0.2) is 54.6 Å². The first kappa shape index (κ1) is 34.1. The number of carbonyl (C=O) groups excluding carboxylic acids is 5. The van der Waals surface area contributed by atoms with E-state index in [9.17, 15) is 24.0 Å². The van der Waals surface area contributed by atoms with Gasteiger partial charge in [0, 0.05) is 6.42 Å². The smallest absolute Gasteiger partial charge is 0.332 e. The number of anilines is 1. The van der Waals surface area contributed by atoms with Crippen molar-refractivity contribution >= 4 is 35.9 Å². The van der Waals surface area contributed by atoms with Gasteiger partial charge in [-0.1, -0.05) is 70.0 Å². The van der Waals surface area contributed by atoms with Crippen LogP contribution in [0.3, 0.4) is 0 Å². The predicted octanol–water partition coefficient (Wildman–Crippen LogP) is 4.57. The van der Waals surface area contributed by atoms with Crippen molar-refractivity contribution < 1.29 is 42.9 Å². The van der Waals surface area contributed by atoms with Gasteiger partial charge in [0.2, 0.25) is 6.41 Å². The molecule has 0 unspecified atom stereocenters. The van der Waals surface area contributed by atoms with Gasteiger partial charge in [-0.05, 0) is 43.9 Å². The molecule has 11 nitrogen and oxygen atoms in total. The fraction of sp³-hybridized carbons (Fsp3) is 0.485. The molecule has 2 aromatic rings. The highest BCUT2D eigenvalue weighted by atomic mass is 16.6. The van der Waals surface area contributed by atoms with Crippen molar-refractivity contribution in [2.45, 2.75) is 91.3 Å². The number of amides is 2. The summed E-state index contributed by atoms with van der Waals surface area (Å²) in [6.07, 6.45) is -0.781. The number of benzene rings is 2. The third kappa shape index (κ3) is 9.29. The van der Waals surface area contributed by atoms with Gasteiger partial charge in [-0.2, -0.15) is 0 Å². The van der Waals surface area contributed by atoms with Crippen molar-refractivity contribution in [3.05, 3.63) is 59.7 Å². The minimum atomic E-state index is -1.39. The van der Waals surface area contributed by atoms with Crippen LogP contribution in [0.2, 0.25) is 0 Å². The van der Waals surface area contributed by atoms with Crippen LogP contribution >= 0.6 is 0 Å². The van der Waals surface area contributed by atoms with E-state index in [1.165, 1.54) is 13.0 Å². The lowest BCUT2D eigenvalue weighted by atomic mass is 9.92. The number of esters is 3.